The second-order valence-electron chi connectivity index (χ2n) is 7.88. The summed E-state index contributed by atoms with van der Waals surface area (Å²) in [4.78, 5) is 28.5. The monoisotopic (exact) mass is 362 g/mol. The fourth-order valence-corrected chi connectivity index (χ4v) is 4.53. The van der Waals surface area contributed by atoms with E-state index < -0.39 is 5.91 Å². The number of benzene rings is 1. The Labute approximate surface area is 158 Å². The van der Waals surface area contributed by atoms with Gasteiger partial charge in [0, 0.05) is 24.7 Å². The molecule has 1 aromatic heterocycles. The molecule has 1 unspecified atom stereocenters. The Morgan fingerprint density at radius 3 is 2.33 bits per heavy atom. The number of hydrogen-bond acceptors (Lipinski definition) is 4. The molecule has 27 heavy (non-hydrogen) atoms. The lowest BCUT2D eigenvalue weighted by atomic mass is 10.1. The van der Waals surface area contributed by atoms with Gasteiger partial charge in [-0.15, -0.1) is 0 Å². The van der Waals surface area contributed by atoms with Crippen LogP contribution >= 0.6 is 0 Å². The molecule has 2 amide bonds. The van der Waals surface area contributed by atoms with E-state index in [1.807, 2.05) is 47.4 Å². The number of aromatic nitrogens is 2. The molecule has 2 aromatic rings. The molecule has 0 spiro atoms. The summed E-state index contributed by atoms with van der Waals surface area (Å²) in [6, 6.07) is 13.9. The zero-order valence-electron chi connectivity index (χ0n) is 15.1. The van der Waals surface area contributed by atoms with Gasteiger partial charge in [-0.1, -0.05) is 30.3 Å². The van der Waals surface area contributed by atoms with Crippen molar-refractivity contribution in [3.8, 4) is 11.3 Å². The Morgan fingerprint density at radius 1 is 0.852 bits per heavy atom. The predicted octanol–water partition coefficient (Wildman–Crippen LogP) is 2.11. The van der Waals surface area contributed by atoms with Crippen molar-refractivity contribution in [3.05, 3.63) is 48.2 Å². The highest BCUT2D eigenvalue weighted by Crippen LogP contribution is 2.53. The van der Waals surface area contributed by atoms with Gasteiger partial charge in [-0.2, -0.15) is 10.2 Å². The van der Waals surface area contributed by atoms with Crippen molar-refractivity contribution in [2.24, 2.45) is 11.8 Å². The second-order valence-corrected chi connectivity index (χ2v) is 7.88. The molecule has 3 fully saturated rings. The maximum Gasteiger partial charge on any atom is 0.312 e. The zero-order chi connectivity index (χ0) is 18.4. The molecule has 0 N–H and O–H groups in total. The van der Waals surface area contributed by atoms with Gasteiger partial charge in [0.05, 0.1) is 17.9 Å². The first kappa shape index (κ1) is 16.4. The molecule has 2 aliphatic carbocycles. The van der Waals surface area contributed by atoms with E-state index >= 15 is 0 Å². The molecule has 138 valence electrons. The molecule has 1 aliphatic heterocycles. The molecule has 3 aliphatic rings. The van der Waals surface area contributed by atoms with Crippen LogP contribution in [0.2, 0.25) is 0 Å². The van der Waals surface area contributed by atoms with Gasteiger partial charge in [-0.05, 0) is 43.2 Å². The SMILES string of the molecule is O=C1C(=O)N(C2C[C@@H]3C[C@@H]3C2)CCN1Cc1ccc(-c2ccccc2)nn1. The smallest absolute Gasteiger partial charge is 0.312 e. The molecule has 0 radical (unpaired) electrons. The van der Waals surface area contributed by atoms with Gasteiger partial charge >= 0.3 is 11.8 Å². The first-order valence-corrected chi connectivity index (χ1v) is 9.67. The third kappa shape index (κ3) is 3.09. The van der Waals surface area contributed by atoms with E-state index in [0.717, 1.165) is 35.9 Å². The number of hydrogen-bond donors (Lipinski definition) is 0. The fourth-order valence-electron chi connectivity index (χ4n) is 4.53. The topological polar surface area (TPSA) is 66.4 Å². The molecular formula is C21H22N4O2. The second kappa shape index (κ2) is 6.44. The van der Waals surface area contributed by atoms with E-state index in [9.17, 15) is 9.59 Å². The van der Waals surface area contributed by atoms with Crippen molar-refractivity contribution in [1.82, 2.24) is 20.0 Å². The number of piperazine rings is 1. The highest BCUT2D eigenvalue weighted by atomic mass is 16.2. The molecule has 3 atom stereocenters. The van der Waals surface area contributed by atoms with Crippen LogP contribution in [0.15, 0.2) is 42.5 Å². The lowest BCUT2D eigenvalue weighted by Gasteiger charge is -2.37. The van der Waals surface area contributed by atoms with E-state index in [-0.39, 0.29) is 11.9 Å². The summed E-state index contributed by atoms with van der Waals surface area (Å²) >= 11 is 0. The number of nitrogens with zero attached hydrogens (tertiary/aromatic N) is 4. The van der Waals surface area contributed by atoms with Crippen molar-refractivity contribution in [3.63, 3.8) is 0 Å². The van der Waals surface area contributed by atoms with Gasteiger partial charge in [0.25, 0.3) is 0 Å². The van der Waals surface area contributed by atoms with Crippen LogP contribution in [0, 0.1) is 11.8 Å². The van der Waals surface area contributed by atoms with Gasteiger partial charge in [0.1, 0.15) is 0 Å². The summed E-state index contributed by atoms with van der Waals surface area (Å²) in [7, 11) is 0. The van der Waals surface area contributed by atoms with Gasteiger partial charge in [0.2, 0.25) is 0 Å². The van der Waals surface area contributed by atoms with E-state index in [1.54, 1.807) is 4.90 Å². The molecule has 6 nitrogen and oxygen atoms in total. The minimum atomic E-state index is -0.407. The molecule has 1 saturated heterocycles. The first-order valence-electron chi connectivity index (χ1n) is 9.67. The van der Waals surface area contributed by atoms with Crippen LogP contribution in [0.1, 0.15) is 25.0 Å². The summed E-state index contributed by atoms with van der Waals surface area (Å²) in [5.41, 5.74) is 2.50. The molecule has 1 aromatic carbocycles. The van der Waals surface area contributed by atoms with Crippen LogP contribution in [0.5, 0.6) is 0 Å². The molecule has 6 heteroatoms. The maximum atomic E-state index is 12.6. The Hall–Kier alpha value is -2.76. The lowest BCUT2D eigenvalue weighted by Crippen LogP contribution is -2.56. The van der Waals surface area contributed by atoms with Crippen LogP contribution in [-0.4, -0.2) is 50.9 Å². The quantitative estimate of drug-likeness (QED) is 0.782. The Balaban J connectivity index is 1.23. The number of carbonyl (C=O) groups is 2. The summed E-state index contributed by atoms with van der Waals surface area (Å²) in [5.74, 6) is 0.848. The van der Waals surface area contributed by atoms with Crippen LogP contribution in [0.25, 0.3) is 11.3 Å². The Morgan fingerprint density at radius 2 is 1.63 bits per heavy atom. The van der Waals surface area contributed by atoms with Crippen molar-refractivity contribution >= 4 is 11.8 Å². The molecule has 0 bridgehead atoms. The largest absolute Gasteiger partial charge is 0.330 e. The van der Waals surface area contributed by atoms with Crippen LogP contribution in [0.3, 0.4) is 0 Å². The van der Waals surface area contributed by atoms with E-state index in [2.05, 4.69) is 10.2 Å². The third-order valence-electron chi connectivity index (χ3n) is 6.14. The Bertz CT molecular complexity index is 858. The third-order valence-corrected chi connectivity index (χ3v) is 6.14. The normalized spacial score (nSPS) is 27.0. The van der Waals surface area contributed by atoms with Crippen molar-refractivity contribution < 1.29 is 9.59 Å². The van der Waals surface area contributed by atoms with E-state index in [0.29, 0.717) is 25.3 Å². The average molecular weight is 362 g/mol. The highest BCUT2D eigenvalue weighted by Gasteiger charge is 2.50. The fraction of sp³-hybridized carbons (Fsp3) is 0.429. The first-order chi connectivity index (χ1) is 13.2. The van der Waals surface area contributed by atoms with Gasteiger partial charge < -0.3 is 9.80 Å². The molecule has 5 rings (SSSR count). The van der Waals surface area contributed by atoms with Crippen LogP contribution in [0.4, 0.5) is 0 Å². The number of amides is 2. The predicted molar refractivity (Wildman–Crippen MR) is 99.2 cm³/mol. The lowest BCUT2D eigenvalue weighted by molar-refractivity contribution is -0.158. The summed E-state index contributed by atoms with van der Waals surface area (Å²) in [5, 5.41) is 8.52. The van der Waals surface area contributed by atoms with Crippen molar-refractivity contribution in [1.29, 1.82) is 0 Å². The van der Waals surface area contributed by atoms with Crippen molar-refractivity contribution in [2.75, 3.05) is 13.1 Å². The summed E-state index contributed by atoms with van der Waals surface area (Å²) < 4.78 is 0. The van der Waals surface area contributed by atoms with Gasteiger partial charge in [-0.3, -0.25) is 9.59 Å². The van der Waals surface area contributed by atoms with Crippen molar-refractivity contribution in [2.45, 2.75) is 31.8 Å². The van der Waals surface area contributed by atoms with Crippen LogP contribution < -0.4 is 0 Å². The number of rotatable bonds is 4. The minimum absolute atomic E-state index is 0.275. The van der Waals surface area contributed by atoms with E-state index in [4.69, 9.17) is 0 Å². The van der Waals surface area contributed by atoms with Gasteiger partial charge in [0.15, 0.2) is 0 Å². The highest BCUT2D eigenvalue weighted by molar-refractivity contribution is 6.35. The summed E-state index contributed by atoms with van der Waals surface area (Å²) in [6.45, 7) is 1.53. The molecular weight excluding hydrogens is 340 g/mol. The molecule has 2 saturated carbocycles. The maximum absolute atomic E-state index is 12.6. The zero-order valence-corrected chi connectivity index (χ0v) is 15.1. The molecule has 2 heterocycles. The van der Waals surface area contributed by atoms with E-state index in [1.165, 1.54) is 6.42 Å². The average Bonchev–Trinajstić information content (AvgIpc) is 3.32. The Kier molecular flexibility index (Phi) is 3.92. The van der Waals surface area contributed by atoms with Crippen LogP contribution in [-0.2, 0) is 16.1 Å². The summed E-state index contributed by atoms with van der Waals surface area (Å²) in [6.07, 6.45) is 3.47. The number of fused-ring (bicyclic) bond motifs is 1. The number of carbonyl (C=O) groups excluding carboxylic acids is 2. The minimum Gasteiger partial charge on any atom is -0.330 e. The van der Waals surface area contributed by atoms with Gasteiger partial charge in [-0.25, -0.2) is 0 Å². The standard InChI is InChI=1S/C21H22N4O2/c26-20-21(27)25(18-11-15-10-16(15)12-18)9-8-24(20)13-17-6-7-19(23-22-17)14-4-2-1-3-5-14/h1-7,15-16,18H,8-13H2/t15-,16+,18?.